The van der Waals surface area contributed by atoms with E-state index in [2.05, 4.69) is 58.7 Å². The Morgan fingerprint density at radius 1 is 1.00 bits per heavy atom. The molecule has 19 heavy (non-hydrogen) atoms. The van der Waals surface area contributed by atoms with Crippen LogP contribution in [-0.2, 0) is 6.42 Å². The third kappa shape index (κ3) is 1.58. The van der Waals surface area contributed by atoms with Crippen molar-refractivity contribution < 1.29 is 0 Å². The van der Waals surface area contributed by atoms with Gasteiger partial charge in [0, 0.05) is 12.2 Å². The highest BCUT2D eigenvalue weighted by atomic mass is 32.1. The first-order valence-electron chi connectivity index (χ1n) is 6.57. The number of rotatable bonds is 0. The van der Waals surface area contributed by atoms with Gasteiger partial charge in [-0.15, -0.1) is 0 Å². The SMILES string of the molecule is S=C1NCC2c3ccccc3Cc3ccccc3N12. The van der Waals surface area contributed by atoms with Crippen molar-refractivity contribution in [2.24, 2.45) is 0 Å². The summed E-state index contributed by atoms with van der Waals surface area (Å²) in [7, 11) is 0. The van der Waals surface area contributed by atoms with Gasteiger partial charge in [-0.05, 0) is 41.4 Å². The van der Waals surface area contributed by atoms with E-state index >= 15 is 0 Å². The lowest BCUT2D eigenvalue weighted by Crippen LogP contribution is -2.29. The van der Waals surface area contributed by atoms with Crippen LogP contribution in [-0.4, -0.2) is 11.7 Å². The van der Waals surface area contributed by atoms with Crippen molar-refractivity contribution in [1.29, 1.82) is 0 Å². The predicted octanol–water partition coefficient (Wildman–Crippen LogP) is 3.03. The molecule has 0 saturated carbocycles. The minimum atomic E-state index is 0.326. The highest BCUT2D eigenvalue weighted by molar-refractivity contribution is 7.80. The summed E-state index contributed by atoms with van der Waals surface area (Å²) < 4.78 is 0. The summed E-state index contributed by atoms with van der Waals surface area (Å²) in [5.74, 6) is 0. The fraction of sp³-hybridized carbons (Fsp3) is 0.188. The third-order valence-electron chi connectivity index (χ3n) is 4.02. The molecule has 2 aromatic carbocycles. The smallest absolute Gasteiger partial charge is 0.174 e. The van der Waals surface area contributed by atoms with Gasteiger partial charge in [-0.3, -0.25) is 0 Å². The minimum absolute atomic E-state index is 0.326. The first kappa shape index (κ1) is 11.0. The van der Waals surface area contributed by atoms with Crippen molar-refractivity contribution in [2.75, 3.05) is 11.4 Å². The summed E-state index contributed by atoms with van der Waals surface area (Å²) in [6.45, 7) is 0.893. The summed E-state index contributed by atoms with van der Waals surface area (Å²) in [6, 6.07) is 17.6. The average molecular weight is 266 g/mol. The van der Waals surface area contributed by atoms with E-state index in [0.717, 1.165) is 18.1 Å². The van der Waals surface area contributed by atoms with Crippen LogP contribution in [0.5, 0.6) is 0 Å². The van der Waals surface area contributed by atoms with Crippen LogP contribution in [0, 0.1) is 0 Å². The number of hydrogen-bond donors (Lipinski definition) is 1. The molecule has 2 aliphatic heterocycles. The van der Waals surface area contributed by atoms with Gasteiger partial charge >= 0.3 is 0 Å². The van der Waals surface area contributed by atoms with E-state index in [9.17, 15) is 0 Å². The molecule has 4 rings (SSSR count). The fourth-order valence-electron chi connectivity index (χ4n) is 3.15. The van der Waals surface area contributed by atoms with E-state index in [4.69, 9.17) is 12.2 Å². The number of thiocarbonyl (C=S) groups is 1. The molecule has 1 saturated heterocycles. The molecule has 0 bridgehead atoms. The normalized spacial score (nSPS) is 20.1. The topological polar surface area (TPSA) is 15.3 Å². The van der Waals surface area contributed by atoms with Crippen LogP contribution in [0.1, 0.15) is 22.7 Å². The highest BCUT2D eigenvalue weighted by Crippen LogP contribution is 2.38. The van der Waals surface area contributed by atoms with E-state index in [1.165, 1.54) is 22.4 Å². The zero-order valence-electron chi connectivity index (χ0n) is 10.5. The molecule has 1 N–H and O–H groups in total. The van der Waals surface area contributed by atoms with Gasteiger partial charge in [0.2, 0.25) is 0 Å². The van der Waals surface area contributed by atoms with Crippen LogP contribution >= 0.6 is 12.2 Å². The Hall–Kier alpha value is -1.87. The van der Waals surface area contributed by atoms with Crippen molar-refractivity contribution >= 4 is 23.0 Å². The van der Waals surface area contributed by atoms with Gasteiger partial charge in [-0.2, -0.15) is 0 Å². The molecule has 94 valence electrons. The van der Waals surface area contributed by atoms with Crippen molar-refractivity contribution in [3.05, 3.63) is 65.2 Å². The Bertz CT molecular complexity index is 665. The lowest BCUT2D eigenvalue weighted by atomic mass is 9.97. The lowest BCUT2D eigenvalue weighted by molar-refractivity contribution is 0.756. The van der Waals surface area contributed by atoms with E-state index in [0.29, 0.717) is 6.04 Å². The maximum atomic E-state index is 5.50. The zero-order chi connectivity index (χ0) is 12.8. The van der Waals surface area contributed by atoms with E-state index in [1.54, 1.807) is 0 Å². The zero-order valence-corrected chi connectivity index (χ0v) is 11.3. The largest absolute Gasteiger partial charge is 0.360 e. The Labute approximate surface area is 118 Å². The molecule has 3 heteroatoms. The molecule has 2 nitrogen and oxygen atoms in total. The predicted molar refractivity (Wildman–Crippen MR) is 81.5 cm³/mol. The van der Waals surface area contributed by atoms with Gasteiger partial charge in [0.1, 0.15) is 0 Å². The second-order valence-corrected chi connectivity index (χ2v) is 5.46. The van der Waals surface area contributed by atoms with Crippen molar-refractivity contribution in [3.8, 4) is 0 Å². The van der Waals surface area contributed by atoms with Gasteiger partial charge in [0.15, 0.2) is 5.11 Å². The summed E-state index contributed by atoms with van der Waals surface area (Å²) in [5, 5.41) is 4.17. The molecule has 1 unspecified atom stereocenters. The first-order chi connectivity index (χ1) is 9.34. The molecule has 0 radical (unpaired) electrons. The molecule has 0 amide bonds. The van der Waals surface area contributed by atoms with E-state index in [1.807, 2.05) is 0 Å². The highest BCUT2D eigenvalue weighted by Gasteiger charge is 2.34. The Morgan fingerprint density at radius 3 is 2.63 bits per heavy atom. The van der Waals surface area contributed by atoms with Gasteiger partial charge in [0.05, 0.1) is 6.04 Å². The molecule has 0 spiro atoms. The van der Waals surface area contributed by atoms with Gasteiger partial charge in [0.25, 0.3) is 0 Å². The van der Waals surface area contributed by atoms with Crippen molar-refractivity contribution in [1.82, 2.24) is 5.32 Å². The maximum absolute atomic E-state index is 5.50. The second-order valence-electron chi connectivity index (χ2n) is 5.08. The molecular formula is C16H14N2S. The second kappa shape index (κ2) is 4.07. The quantitative estimate of drug-likeness (QED) is 0.738. The molecular weight excluding hydrogens is 252 g/mol. The maximum Gasteiger partial charge on any atom is 0.174 e. The fourth-order valence-corrected chi connectivity index (χ4v) is 3.46. The van der Waals surface area contributed by atoms with Gasteiger partial charge in [-0.25, -0.2) is 0 Å². The summed E-state index contributed by atoms with van der Waals surface area (Å²) in [5.41, 5.74) is 5.40. The first-order valence-corrected chi connectivity index (χ1v) is 6.98. The summed E-state index contributed by atoms with van der Waals surface area (Å²) in [6.07, 6.45) is 0.988. The molecule has 2 heterocycles. The minimum Gasteiger partial charge on any atom is -0.360 e. The van der Waals surface area contributed by atoms with Crippen LogP contribution < -0.4 is 10.2 Å². The third-order valence-corrected chi connectivity index (χ3v) is 4.36. The van der Waals surface area contributed by atoms with Crippen LogP contribution in [0.15, 0.2) is 48.5 Å². The molecule has 0 aromatic heterocycles. The number of fused-ring (bicyclic) bond motifs is 5. The van der Waals surface area contributed by atoms with Crippen molar-refractivity contribution in [3.63, 3.8) is 0 Å². The van der Waals surface area contributed by atoms with Crippen LogP contribution in [0.25, 0.3) is 0 Å². The van der Waals surface area contributed by atoms with Crippen molar-refractivity contribution in [2.45, 2.75) is 12.5 Å². The van der Waals surface area contributed by atoms with Crippen LogP contribution in [0.4, 0.5) is 5.69 Å². The molecule has 2 aromatic rings. The number of nitrogens with zero attached hydrogens (tertiary/aromatic N) is 1. The van der Waals surface area contributed by atoms with E-state index in [-0.39, 0.29) is 0 Å². The van der Waals surface area contributed by atoms with Gasteiger partial charge < -0.3 is 10.2 Å². The number of hydrogen-bond acceptors (Lipinski definition) is 1. The Morgan fingerprint density at radius 2 is 1.74 bits per heavy atom. The average Bonchev–Trinajstić information content (AvgIpc) is 2.75. The summed E-state index contributed by atoms with van der Waals surface area (Å²) in [4.78, 5) is 2.27. The van der Waals surface area contributed by atoms with Crippen LogP contribution in [0.3, 0.4) is 0 Å². The lowest BCUT2D eigenvalue weighted by Gasteiger charge is -2.25. The van der Waals surface area contributed by atoms with Crippen LogP contribution in [0.2, 0.25) is 0 Å². The number of nitrogens with one attached hydrogen (secondary N) is 1. The summed E-state index contributed by atoms with van der Waals surface area (Å²) >= 11 is 5.50. The monoisotopic (exact) mass is 266 g/mol. The van der Waals surface area contributed by atoms with E-state index < -0.39 is 0 Å². The number of anilines is 1. The number of para-hydroxylation sites is 1. The Balaban J connectivity index is 1.98. The molecule has 0 aliphatic carbocycles. The van der Waals surface area contributed by atoms with Gasteiger partial charge in [-0.1, -0.05) is 42.5 Å². The molecule has 2 aliphatic rings. The molecule has 1 fully saturated rings. The number of benzene rings is 2. The molecule has 1 atom stereocenters. The Kier molecular flexibility index (Phi) is 2.35. The standard InChI is InChI=1S/C16H14N2S/c19-16-17-10-15-13-7-3-1-5-11(13)9-12-6-2-4-8-14(12)18(15)16/h1-8,15H,9-10H2,(H,17,19).